The molecule has 2 N–H and O–H groups in total. The molecule has 124 valence electrons. The molecule has 2 atom stereocenters. The summed E-state index contributed by atoms with van der Waals surface area (Å²) in [6, 6.07) is 17.3. The normalized spacial score (nSPS) is 14.3. The van der Waals surface area contributed by atoms with Crippen LogP contribution < -0.4 is 4.72 Å². The number of benzene rings is 2. The number of hydrogen-bond acceptors (Lipinski definition) is 3. The van der Waals surface area contributed by atoms with E-state index in [1.807, 2.05) is 36.4 Å². The van der Waals surface area contributed by atoms with E-state index in [1.54, 1.807) is 24.3 Å². The summed E-state index contributed by atoms with van der Waals surface area (Å²) >= 11 is 5.58. The first-order valence-corrected chi connectivity index (χ1v) is 9.56. The Hall–Kier alpha value is -1.40. The number of rotatable bonds is 8. The summed E-state index contributed by atoms with van der Waals surface area (Å²) in [5.41, 5.74) is 1.36. The first-order chi connectivity index (χ1) is 11.0. The highest BCUT2D eigenvalue weighted by molar-refractivity contribution is 7.89. The van der Waals surface area contributed by atoms with Gasteiger partial charge in [-0.2, -0.15) is 0 Å². The molecular weight excluding hydrogens is 334 g/mol. The van der Waals surface area contributed by atoms with Crippen LogP contribution in [0.1, 0.15) is 29.7 Å². The van der Waals surface area contributed by atoms with Gasteiger partial charge < -0.3 is 5.11 Å². The number of aliphatic hydroxyl groups is 1. The zero-order valence-corrected chi connectivity index (χ0v) is 14.2. The van der Waals surface area contributed by atoms with Gasteiger partial charge in [-0.15, -0.1) is 11.6 Å². The number of aliphatic hydroxyl groups excluding tert-OH is 1. The van der Waals surface area contributed by atoms with Crippen molar-refractivity contribution in [1.82, 2.24) is 4.72 Å². The first-order valence-electron chi connectivity index (χ1n) is 7.37. The van der Waals surface area contributed by atoms with Crippen molar-refractivity contribution in [2.24, 2.45) is 0 Å². The molecule has 0 aliphatic heterocycles. The van der Waals surface area contributed by atoms with Gasteiger partial charge in [0.2, 0.25) is 10.0 Å². The number of halogens is 1. The van der Waals surface area contributed by atoms with Crippen molar-refractivity contribution >= 4 is 21.6 Å². The fourth-order valence-corrected chi connectivity index (χ4v) is 3.90. The minimum absolute atomic E-state index is 0.0681. The van der Waals surface area contributed by atoms with Crippen molar-refractivity contribution in [2.45, 2.75) is 18.6 Å². The molecule has 0 saturated heterocycles. The summed E-state index contributed by atoms with van der Waals surface area (Å²) in [7, 11) is -3.54. The maximum absolute atomic E-state index is 12.2. The van der Waals surface area contributed by atoms with Gasteiger partial charge in [-0.3, -0.25) is 0 Å². The minimum atomic E-state index is -3.54. The molecular formula is C17H20ClNO3S. The van der Waals surface area contributed by atoms with Crippen LogP contribution >= 0.6 is 11.6 Å². The monoisotopic (exact) mass is 353 g/mol. The molecule has 0 aromatic heterocycles. The average Bonchev–Trinajstić information content (AvgIpc) is 2.59. The van der Waals surface area contributed by atoms with Gasteiger partial charge >= 0.3 is 0 Å². The van der Waals surface area contributed by atoms with Crippen molar-refractivity contribution in [1.29, 1.82) is 0 Å². The molecule has 6 heteroatoms. The zero-order valence-electron chi connectivity index (χ0n) is 12.6. The van der Waals surface area contributed by atoms with Gasteiger partial charge in [0, 0.05) is 5.88 Å². The molecule has 2 rings (SSSR count). The smallest absolute Gasteiger partial charge is 0.212 e. The van der Waals surface area contributed by atoms with E-state index in [9.17, 15) is 13.5 Å². The van der Waals surface area contributed by atoms with Gasteiger partial charge in [-0.25, -0.2) is 13.1 Å². The van der Waals surface area contributed by atoms with Crippen molar-refractivity contribution in [3.05, 3.63) is 71.8 Å². The molecule has 0 saturated carbocycles. The first kappa shape index (κ1) is 17.9. The minimum Gasteiger partial charge on any atom is -0.386 e. The van der Waals surface area contributed by atoms with E-state index >= 15 is 0 Å². The van der Waals surface area contributed by atoms with Gasteiger partial charge in [0.25, 0.3) is 0 Å². The molecule has 0 amide bonds. The van der Waals surface area contributed by atoms with Gasteiger partial charge in [-0.1, -0.05) is 60.7 Å². The lowest BCUT2D eigenvalue weighted by atomic mass is 9.97. The summed E-state index contributed by atoms with van der Waals surface area (Å²) in [6.45, 7) is 0. The summed E-state index contributed by atoms with van der Waals surface area (Å²) in [5.74, 6) is 0.208. The molecule has 0 aliphatic rings. The van der Waals surface area contributed by atoms with Gasteiger partial charge in [0.15, 0.2) is 0 Å². The molecule has 0 aliphatic carbocycles. The number of sulfonamides is 1. The van der Waals surface area contributed by atoms with Crippen molar-refractivity contribution < 1.29 is 13.5 Å². The quantitative estimate of drug-likeness (QED) is 0.717. The van der Waals surface area contributed by atoms with Crippen LogP contribution in [0.5, 0.6) is 0 Å². The maximum Gasteiger partial charge on any atom is 0.212 e. The molecule has 0 fully saturated rings. The SMILES string of the molecule is O=S(=O)(CCCCl)N[C@@H](c1ccccc1)[C@H](O)c1ccccc1. The lowest BCUT2D eigenvalue weighted by molar-refractivity contribution is 0.139. The summed E-state index contributed by atoms with van der Waals surface area (Å²) in [5, 5.41) is 10.7. The van der Waals surface area contributed by atoms with E-state index < -0.39 is 22.2 Å². The Labute approximate surface area is 142 Å². The van der Waals surface area contributed by atoms with Crippen molar-refractivity contribution in [2.75, 3.05) is 11.6 Å². The largest absolute Gasteiger partial charge is 0.386 e. The Balaban J connectivity index is 2.29. The zero-order chi connectivity index (χ0) is 16.7. The Morgan fingerprint density at radius 1 is 0.957 bits per heavy atom. The Morgan fingerprint density at radius 3 is 2.00 bits per heavy atom. The van der Waals surface area contributed by atoms with E-state index in [-0.39, 0.29) is 11.6 Å². The van der Waals surface area contributed by atoms with Crippen LogP contribution in [0.15, 0.2) is 60.7 Å². The van der Waals surface area contributed by atoms with Crippen LogP contribution in [-0.4, -0.2) is 25.2 Å². The number of hydrogen-bond donors (Lipinski definition) is 2. The molecule has 0 spiro atoms. The fourth-order valence-electron chi connectivity index (χ4n) is 2.31. The average molecular weight is 354 g/mol. The lowest BCUT2D eigenvalue weighted by Gasteiger charge is -2.25. The van der Waals surface area contributed by atoms with E-state index in [0.717, 1.165) is 0 Å². The second-order valence-electron chi connectivity index (χ2n) is 5.22. The molecule has 0 radical (unpaired) electrons. The fraction of sp³-hybridized carbons (Fsp3) is 0.294. The highest BCUT2D eigenvalue weighted by Crippen LogP contribution is 2.29. The third-order valence-electron chi connectivity index (χ3n) is 3.47. The Morgan fingerprint density at radius 2 is 1.48 bits per heavy atom. The van der Waals surface area contributed by atoms with Crippen LogP contribution in [0, 0.1) is 0 Å². The summed E-state index contributed by atoms with van der Waals surface area (Å²) in [6.07, 6.45) is -0.621. The third-order valence-corrected chi connectivity index (χ3v) is 5.18. The molecule has 23 heavy (non-hydrogen) atoms. The van der Waals surface area contributed by atoms with Crippen LogP contribution in [-0.2, 0) is 10.0 Å². The summed E-state index contributed by atoms with van der Waals surface area (Å²) in [4.78, 5) is 0. The Bertz CT molecular complexity index is 692. The second-order valence-corrected chi connectivity index (χ2v) is 7.47. The number of nitrogens with one attached hydrogen (secondary N) is 1. The van der Waals surface area contributed by atoms with Gasteiger partial charge in [-0.05, 0) is 17.5 Å². The van der Waals surface area contributed by atoms with Crippen LogP contribution in [0.2, 0.25) is 0 Å². The molecule has 0 heterocycles. The van der Waals surface area contributed by atoms with Crippen LogP contribution in [0.3, 0.4) is 0 Å². The van der Waals surface area contributed by atoms with Crippen molar-refractivity contribution in [3.63, 3.8) is 0 Å². The highest BCUT2D eigenvalue weighted by Gasteiger charge is 2.27. The highest BCUT2D eigenvalue weighted by atomic mass is 35.5. The van der Waals surface area contributed by atoms with Crippen LogP contribution in [0.4, 0.5) is 0 Å². The molecule has 2 aromatic rings. The van der Waals surface area contributed by atoms with E-state index in [0.29, 0.717) is 17.5 Å². The summed E-state index contributed by atoms with van der Waals surface area (Å²) < 4.78 is 27.1. The standard InChI is InChI=1S/C17H20ClNO3S/c18-12-7-13-23(21,22)19-16(14-8-3-1-4-9-14)17(20)15-10-5-2-6-11-15/h1-6,8-11,16-17,19-20H,7,12-13H2/t16-,17+/m0/s1. The van der Waals surface area contributed by atoms with Crippen LogP contribution in [0.25, 0.3) is 0 Å². The van der Waals surface area contributed by atoms with E-state index in [1.165, 1.54) is 0 Å². The Kier molecular flexibility index (Phi) is 6.59. The predicted octanol–water partition coefficient (Wildman–Crippen LogP) is 3.01. The van der Waals surface area contributed by atoms with E-state index in [4.69, 9.17) is 11.6 Å². The van der Waals surface area contributed by atoms with Gasteiger partial charge in [0.05, 0.1) is 17.9 Å². The number of alkyl halides is 1. The predicted molar refractivity (Wildman–Crippen MR) is 92.8 cm³/mol. The lowest BCUT2D eigenvalue weighted by Crippen LogP contribution is -2.34. The topological polar surface area (TPSA) is 66.4 Å². The van der Waals surface area contributed by atoms with Crippen molar-refractivity contribution in [3.8, 4) is 0 Å². The molecule has 2 aromatic carbocycles. The maximum atomic E-state index is 12.2. The van der Waals surface area contributed by atoms with Gasteiger partial charge in [0.1, 0.15) is 0 Å². The molecule has 0 bridgehead atoms. The third kappa shape index (κ3) is 5.32. The molecule has 0 unspecified atom stereocenters. The molecule has 4 nitrogen and oxygen atoms in total. The van der Waals surface area contributed by atoms with E-state index in [2.05, 4.69) is 4.72 Å². The second kappa shape index (κ2) is 8.45.